The van der Waals surface area contributed by atoms with Crippen LogP contribution in [0.5, 0.6) is 5.75 Å². The lowest BCUT2D eigenvalue weighted by atomic mass is 10.0. The summed E-state index contributed by atoms with van der Waals surface area (Å²) in [5.41, 5.74) is -0.0892. The second kappa shape index (κ2) is 8.34. The normalized spacial score (nSPS) is 18.7. The Bertz CT molecular complexity index is 1080. The molecule has 1 aliphatic heterocycles. The van der Waals surface area contributed by atoms with E-state index in [1.807, 2.05) is 0 Å². The summed E-state index contributed by atoms with van der Waals surface area (Å²) >= 11 is 0. The van der Waals surface area contributed by atoms with E-state index in [0.29, 0.717) is 11.3 Å². The van der Waals surface area contributed by atoms with Crippen molar-refractivity contribution in [2.24, 2.45) is 0 Å². The molecule has 0 saturated heterocycles. The van der Waals surface area contributed by atoms with Crippen molar-refractivity contribution in [2.45, 2.75) is 48.0 Å². The van der Waals surface area contributed by atoms with Gasteiger partial charge in [0.15, 0.2) is 9.84 Å². The molecule has 0 aliphatic carbocycles. The van der Waals surface area contributed by atoms with Crippen LogP contribution in [0, 0.1) is 0 Å². The lowest BCUT2D eigenvalue weighted by molar-refractivity contribution is 0.0523. The Morgan fingerprint density at radius 1 is 1.16 bits per heavy atom. The van der Waals surface area contributed by atoms with Crippen molar-refractivity contribution in [3.05, 3.63) is 53.6 Å². The lowest BCUT2D eigenvalue weighted by Crippen LogP contribution is -2.32. The van der Waals surface area contributed by atoms with Gasteiger partial charge in [0.05, 0.1) is 29.2 Å². The average molecular weight is 470 g/mol. The van der Waals surface area contributed by atoms with E-state index < -0.39 is 37.4 Å². The van der Waals surface area contributed by atoms with Crippen LogP contribution in [0.1, 0.15) is 37.1 Å². The molecule has 8 nitrogen and oxygen atoms in total. The minimum atomic E-state index is -3.94. The van der Waals surface area contributed by atoms with Crippen LogP contribution in [0.4, 0.5) is 4.79 Å². The molecule has 3 rings (SSSR count). The Morgan fingerprint density at radius 3 is 2.39 bits per heavy atom. The molecule has 0 spiro atoms. The van der Waals surface area contributed by atoms with E-state index >= 15 is 0 Å². The van der Waals surface area contributed by atoms with Gasteiger partial charge >= 0.3 is 6.09 Å². The van der Waals surface area contributed by atoms with Crippen molar-refractivity contribution < 1.29 is 31.8 Å². The van der Waals surface area contributed by atoms with Gasteiger partial charge in [0.2, 0.25) is 0 Å². The molecule has 0 bridgehead atoms. The minimum absolute atomic E-state index is 0.0805. The number of methoxy groups -OCH3 is 1. The minimum Gasteiger partial charge on any atom is -0.496 e. The summed E-state index contributed by atoms with van der Waals surface area (Å²) in [7, 11) is -5.85. The highest BCUT2D eigenvalue weighted by atomic mass is 32.3. The SMILES string of the molecule is COc1ccc2c(c1CNC(=O)OC(C)(C)C)C(S(=O)(=O)c1ccccc1)CS2(O)O. The highest BCUT2D eigenvalue weighted by Crippen LogP contribution is 2.62. The van der Waals surface area contributed by atoms with Gasteiger partial charge in [0.1, 0.15) is 16.6 Å². The van der Waals surface area contributed by atoms with Crippen molar-refractivity contribution in [3.63, 3.8) is 0 Å². The van der Waals surface area contributed by atoms with Gasteiger partial charge in [0.25, 0.3) is 0 Å². The zero-order chi connectivity index (χ0) is 23.0. The first-order valence-electron chi connectivity index (χ1n) is 9.58. The van der Waals surface area contributed by atoms with Crippen molar-refractivity contribution in [3.8, 4) is 5.75 Å². The quantitative estimate of drug-likeness (QED) is 0.595. The number of benzene rings is 2. The first kappa shape index (κ1) is 23.4. The molecule has 1 amide bonds. The third-order valence-electron chi connectivity index (χ3n) is 4.81. The van der Waals surface area contributed by atoms with Gasteiger partial charge in [-0.15, -0.1) is 0 Å². The Balaban J connectivity index is 2.08. The summed E-state index contributed by atoms with van der Waals surface area (Å²) in [5, 5.41) is 1.42. The van der Waals surface area contributed by atoms with Crippen LogP contribution in [0.2, 0.25) is 0 Å². The number of hydrogen-bond donors (Lipinski definition) is 3. The molecule has 1 unspecified atom stereocenters. The van der Waals surface area contributed by atoms with E-state index in [0.717, 1.165) is 0 Å². The van der Waals surface area contributed by atoms with Crippen molar-refractivity contribution in [1.82, 2.24) is 5.32 Å². The number of hydrogen-bond acceptors (Lipinski definition) is 7. The smallest absolute Gasteiger partial charge is 0.407 e. The van der Waals surface area contributed by atoms with Gasteiger partial charge in [-0.25, -0.2) is 13.2 Å². The first-order chi connectivity index (χ1) is 14.4. The van der Waals surface area contributed by atoms with Gasteiger partial charge in [-0.2, -0.15) is 10.6 Å². The summed E-state index contributed by atoms with van der Waals surface area (Å²) < 4.78 is 58.8. The van der Waals surface area contributed by atoms with Gasteiger partial charge in [-0.3, -0.25) is 9.11 Å². The Morgan fingerprint density at radius 2 is 1.81 bits per heavy atom. The van der Waals surface area contributed by atoms with Crippen LogP contribution in [0.25, 0.3) is 0 Å². The van der Waals surface area contributed by atoms with E-state index in [9.17, 15) is 22.3 Å². The zero-order valence-electron chi connectivity index (χ0n) is 17.8. The van der Waals surface area contributed by atoms with E-state index in [2.05, 4.69) is 5.32 Å². The predicted octanol–water partition coefficient (Wildman–Crippen LogP) is 4.36. The number of rotatable bonds is 5. The number of fused-ring (bicyclic) bond motifs is 1. The number of amides is 1. The second-order valence-corrected chi connectivity index (χ2v) is 12.4. The summed E-state index contributed by atoms with van der Waals surface area (Å²) in [5.74, 6) is -0.0215. The molecule has 2 aromatic rings. The maximum atomic E-state index is 13.4. The number of alkyl carbamates (subject to hydrolysis) is 1. The predicted molar refractivity (Wildman–Crippen MR) is 118 cm³/mol. The molecule has 170 valence electrons. The molecule has 3 N–H and O–H groups in total. The van der Waals surface area contributed by atoms with Gasteiger partial charge in [0, 0.05) is 11.1 Å². The fourth-order valence-corrected chi connectivity index (χ4v) is 7.99. The molecule has 0 fully saturated rings. The summed E-state index contributed by atoms with van der Waals surface area (Å²) in [6.07, 6.45) is -0.681. The van der Waals surface area contributed by atoms with Crippen LogP contribution in [-0.4, -0.2) is 42.1 Å². The molecule has 31 heavy (non-hydrogen) atoms. The van der Waals surface area contributed by atoms with Crippen LogP contribution in [0.3, 0.4) is 0 Å². The average Bonchev–Trinajstić information content (AvgIpc) is 2.97. The molecular weight excluding hydrogens is 442 g/mol. The molecule has 1 heterocycles. The van der Waals surface area contributed by atoms with E-state index in [4.69, 9.17) is 9.47 Å². The zero-order valence-corrected chi connectivity index (χ0v) is 19.4. The maximum absolute atomic E-state index is 13.4. The molecule has 1 aliphatic rings. The fraction of sp³-hybridized carbons (Fsp3) is 0.381. The van der Waals surface area contributed by atoms with E-state index in [-0.39, 0.29) is 27.7 Å². The number of nitrogens with one attached hydrogen (secondary N) is 1. The van der Waals surface area contributed by atoms with Crippen LogP contribution in [-0.2, 0) is 21.1 Å². The van der Waals surface area contributed by atoms with Crippen molar-refractivity contribution >= 4 is 26.5 Å². The lowest BCUT2D eigenvalue weighted by Gasteiger charge is -2.27. The highest BCUT2D eigenvalue weighted by molar-refractivity contribution is 8.25. The second-order valence-electron chi connectivity index (χ2n) is 8.19. The number of ether oxygens (including phenoxy) is 2. The number of sulfone groups is 1. The van der Waals surface area contributed by atoms with Crippen molar-refractivity contribution in [1.29, 1.82) is 0 Å². The molecule has 0 radical (unpaired) electrons. The molecule has 0 aromatic heterocycles. The number of carbonyl (C=O) groups excluding carboxylic acids is 1. The van der Waals surface area contributed by atoms with Crippen LogP contribution in [0.15, 0.2) is 52.3 Å². The first-order valence-corrected chi connectivity index (χ1v) is 12.8. The van der Waals surface area contributed by atoms with E-state index in [1.165, 1.54) is 31.4 Å². The summed E-state index contributed by atoms with van der Waals surface area (Å²) in [4.78, 5) is 12.4. The molecule has 10 heteroatoms. The Kier molecular flexibility index (Phi) is 6.30. The standard InChI is InChI=1S/C21H27NO7S2/c1-21(2,3)29-20(23)22-12-15-16(28-4)10-11-17-19(15)18(13-30(17,24)25)31(26,27)14-8-6-5-7-9-14/h5-11,18,24-25H,12-13H2,1-4H3,(H,22,23). The van der Waals surface area contributed by atoms with E-state index in [1.54, 1.807) is 39.0 Å². The number of carbonyl (C=O) groups is 1. The van der Waals surface area contributed by atoms with Crippen molar-refractivity contribution in [2.75, 3.05) is 12.9 Å². The molecule has 0 saturated carbocycles. The molecular formula is C21H27NO7S2. The monoisotopic (exact) mass is 469 g/mol. The summed E-state index contributed by atoms with van der Waals surface area (Å²) in [6, 6.07) is 10.9. The molecule has 1 atom stereocenters. The third kappa shape index (κ3) is 4.82. The topological polar surface area (TPSA) is 122 Å². The van der Waals surface area contributed by atoms with Gasteiger partial charge in [-0.05, 0) is 45.0 Å². The Labute approximate surface area is 183 Å². The summed E-state index contributed by atoms with van der Waals surface area (Å²) in [6.45, 7) is 5.08. The molecule has 2 aromatic carbocycles. The maximum Gasteiger partial charge on any atom is 0.407 e. The third-order valence-corrected chi connectivity index (χ3v) is 8.96. The van der Waals surface area contributed by atoms with Crippen LogP contribution >= 0.6 is 10.6 Å². The van der Waals surface area contributed by atoms with Gasteiger partial charge in [-0.1, -0.05) is 18.2 Å². The highest BCUT2D eigenvalue weighted by Gasteiger charge is 2.45. The Hall–Kier alpha value is -2.27. The largest absolute Gasteiger partial charge is 0.496 e. The van der Waals surface area contributed by atoms with Gasteiger partial charge < -0.3 is 14.8 Å². The van der Waals surface area contributed by atoms with Crippen LogP contribution < -0.4 is 10.1 Å². The fourth-order valence-electron chi connectivity index (χ4n) is 3.51.